The van der Waals surface area contributed by atoms with Crippen LogP contribution in [0, 0.1) is 0 Å². The van der Waals surface area contributed by atoms with E-state index < -0.39 is 0 Å². The first-order valence-corrected chi connectivity index (χ1v) is 18.5. The van der Waals surface area contributed by atoms with E-state index in [1.54, 1.807) is 0 Å². The smallest absolute Gasteiger partial charge is 0.0621 e. The summed E-state index contributed by atoms with van der Waals surface area (Å²) in [5.74, 6) is 0. The maximum Gasteiger partial charge on any atom is 0.0621 e. The van der Waals surface area contributed by atoms with Crippen molar-refractivity contribution in [2.24, 2.45) is 0 Å². The van der Waals surface area contributed by atoms with Crippen LogP contribution in [0.2, 0.25) is 0 Å². The van der Waals surface area contributed by atoms with Crippen LogP contribution >= 0.6 is 0 Å². The summed E-state index contributed by atoms with van der Waals surface area (Å²) in [6.45, 7) is 0. The lowest BCUT2D eigenvalue weighted by molar-refractivity contribution is 1.19. The van der Waals surface area contributed by atoms with Crippen LogP contribution < -0.4 is 4.90 Å². The summed E-state index contributed by atoms with van der Waals surface area (Å²) >= 11 is 0. The van der Waals surface area contributed by atoms with Crippen LogP contribution in [0.4, 0.5) is 17.1 Å². The second-order valence-corrected chi connectivity index (χ2v) is 13.8. The number of hydrogen-bond acceptors (Lipinski definition) is 1. The van der Waals surface area contributed by atoms with Gasteiger partial charge in [0.05, 0.1) is 16.7 Å². The molecule has 0 amide bonds. The van der Waals surface area contributed by atoms with Crippen LogP contribution in [0.3, 0.4) is 0 Å². The lowest BCUT2D eigenvalue weighted by Gasteiger charge is -2.28. The Bertz CT molecular complexity index is 2790. The zero-order valence-corrected chi connectivity index (χ0v) is 29.7. The average molecular weight is 689 g/mol. The minimum Gasteiger partial charge on any atom is -0.310 e. The molecule has 9 aromatic carbocycles. The van der Waals surface area contributed by atoms with Crippen LogP contribution in [-0.4, -0.2) is 4.57 Å². The van der Waals surface area contributed by atoms with Gasteiger partial charge in [-0.2, -0.15) is 0 Å². The SMILES string of the molecule is c1ccc(-c2ccc(N(c3ccc(-c4ccccc4)cc3)c3cc4c5ccccc5n(-c5ccc(-c6ccccc6)cc5)c4c4ccccc34)cc2)cc1. The fraction of sp³-hybridized carbons (Fsp3) is 0. The molecule has 2 heteroatoms. The molecule has 0 unspecified atom stereocenters. The summed E-state index contributed by atoms with van der Waals surface area (Å²) in [6, 6.07) is 78.8. The van der Waals surface area contributed by atoms with Gasteiger partial charge in [-0.1, -0.05) is 170 Å². The Morgan fingerprint density at radius 1 is 0.296 bits per heavy atom. The predicted molar refractivity (Wildman–Crippen MR) is 229 cm³/mol. The molecule has 0 aliphatic rings. The van der Waals surface area contributed by atoms with Gasteiger partial charge in [0.15, 0.2) is 0 Å². The van der Waals surface area contributed by atoms with Crippen LogP contribution in [-0.2, 0) is 0 Å². The highest BCUT2D eigenvalue weighted by atomic mass is 15.1. The third kappa shape index (κ3) is 5.53. The summed E-state index contributed by atoms with van der Waals surface area (Å²) in [5.41, 5.74) is 14.1. The molecule has 254 valence electrons. The quantitative estimate of drug-likeness (QED) is 0.162. The maximum absolute atomic E-state index is 2.44. The molecule has 54 heavy (non-hydrogen) atoms. The van der Waals surface area contributed by atoms with E-state index in [1.165, 1.54) is 66.0 Å². The van der Waals surface area contributed by atoms with Gasteiger partial charge in [-0.05, 0) is 81.9 Å². The van der Waals surface area contributed by atoms with Gasteiger partial charge < -0.3 is 9.47 Å². The number of rotatable bonds is 7. The molecule has 1 aromatic heterocycles. The first-order chi connectivity index (χ1) is 26.8. The zero-order valence-electron chi connectivity index (χ0n) is 29.7. The number of para-hydroxylation sites is 1. The van der Waals surface area contributed by atoms with Crippen LogP contribution in [0.15, 0.2) is 218 Å². The lowest BCUT2D eigenvalue weighted by atomic mass is 10.0. The highest BCUT2D eigenvalue weighted by Crippen LogP contribution is 2.46. The van der Waals surface area contributed by atoms with Gasteiger partial charge in [-0.25, -0.2) is 0 Å². The van der Waals surface area contributed by atoms with Gasteiger partial charge in [0.25, 0.3) is 0 Å². The average Bonchev–Trinajstić information content (AvgIpc) is 3.60. The standard InChI is InChI=1S/C52H36N2/c1-4-14-37(15-5-1)40-24-30-43(31-25-40)53(44-32-26-41(27-33-44)38-16-6-2-7-17-38)51-36-49-47-21-12-13-23-50(47)54(52(49)48-22-11-10-20-46(48)51)45-34-28-42(29-35-45)39-18-8-3-9-19-39/h1-36H. The van der Waals surface area contributed by atoms with Crippen molar-refractivity contribution in [2.75, 3.05) is 4.90 Å². The summed E-state index contributed by atoms with van der Waals surface area (Å²) in [4.78, 5) is 2.42. The zero-order chi connectivity index (χ0) is 35.8. The Labute approximate surface area is 315 Å². The van der Waals surface area contributed by atoms with E-state index in [4.69, 9.17) is 0 Å². The molecule has 0 radical (unpaired) electrons. The van der Waals surface area contributed by atoms with Crippen molar-refractivity contribution < 1.29 is 0 Å². The normalized spacial score (nSPS) is 11.3. The third-order valence-electron chi connectivity index (χ3n) is 10.6. The molecule has 10 rings (SSSR count). The fourth-order valence-corrected chi connectivity index (χ4v) is 7.99. The summed E-state index contributed by atoms with van der Waals surface area (Å²) < 4.78 is 2.44. The van der Waals surface area contributed by atoms with Crippen molar-refractivity contribution in [3.05, 3.63) is 218 Å². The Hall–Kier alpha value is -7.16. The highest BCUT2D eigenvalue weighted by Gasteiger charge is 2.22. The van der Waals surface area contributed by atoms with Crippen molar-refractivity contribution in [3.8, 4) is 39.1 Å². The molecule has 0 aliphatic carbocycles. The van der Waals surface area contributed by atoms with E-state index in [0.717, 1.165) is 22.7 Å². The molecule has 0 N–H and O–H groups in total. The minimum atomic E-state index is 1.10. The number of benzene rings is 9. The first kappa shape index (κ1) is 31.6. The van der Waals surface area contributed by atoms with Crippen LogP contribution in [0.5, 0.6) is 0 Å². The minimum absolute atomic E-state index is 1.10. The lowest BCUT2D eigenvalue weighted by Crippen LogP contribution is -2.10. The second-order valence-electron chi connectivity index (χ2n) is 13.8. The van der Waals surface area contributed by atoms with Crippen molar-refractivity contribution in [1.82, 2.24) is 4.57 Å². The molecule has 0 spiro atoms. The molecule has 0 aliphatic heterocycles. The number of nitrogens with zero attached hydrogens (tertiary/aromatic N) is 2. The summed E-state index contributed by atoms with van der Waals surface area (Å²) in [6.07, 6.45) is 0. The first-order valence-electron chi connectivity index (χ1n) is 18.5. The summed E-state index contributed by atoms with van der Waals surface area (Å²) in [7, 11) is 0. The summed E-state index contributed by atoms with van der Waals surface area (Å²) in [5, 5.41) is 4.85. The molecule has 1 heterocycles. The molecular formula is C52H36N2. The van der Waals surface area contributed by atoms with Gasteiger partial charge in [0.2, 0.25) is 0 Å². The Balaban J connectivity index is 1.19. The van der Waals surface area contributed by atoms with Crippen molar-refractivity contribution in [3.63, 3.8) is 0 Å². The van der Waals surface area contributed by atoms with Crippen molar-refractivity contribution in [1.29, 1.82) is 0 Å². The monoisotopic (exact) mass is 688 g/mol. The Morgan fingerprint density at radius 3 is 1.19 bits per heavy atom. The Kier molecular flexibility index (Phi) is 7.85. The fourth-order valence-electron chi connectivity index (χ4n) is 7.99. The van der Waals surface area contributed by atoms with Crippen molar-refractivity contribution in [2.45, 2.75) is 0 Å². The van der Waals surface area contributed by atoms with E-state index >= 15 is 0 Å². The van der Waals surface area contributed by atoms with Crippen LogP contribution in [0.1, 0.15) is 0 Å². The van der Waals surface area contributed by atoms with Gasteiger partial charge in [0.1, 0.15) is 0 Å². The van der Waals surface area contributed by atoms with E-state index in [2.05, 4.69) is 228 Å². The van der Waals surface area contributed by atoms with Crippen LogP contribution in [0.25, 0.3) is 71.6 Å². The topological polar surface area (TPSA) is 8.17 Å². The largest absolute Gasteiger partial charge is 0.310 e. The van der Waals surface area contributed by atoms with E-state index in [9.17, 15) is 0 Å². The second kappa shape index (κ2) is 13.4. The molecule has 0 saturated carbocycles. The number of anilines is 3. The van der Waals surface area contributed by atoms with E-state index in [1.807, 2.05) is 0 Å². The van der Waals surface area contributed by atoms with E-state index in [0.29, 0.717) is 0 Å². The number of aromatic nitrogens is 1. The molecule has 0 atom stereocenters. The molecular weight excluding hydrogens is 653 g/mol. The Morgan fingerprint density at radius 2 is 0.685 bits per heavy atom. The van der Waals surface area contributed by atoms with Crippen molar-refractivity contribution >= 4 is 49.6 Å². The predicted octanol–water partition coefficient (Wildman–Crippen LogP) is 14.4. The highest BCUT2D eigenvalue weighted by molar-refractivity contribution is 6.22. The maximum atomic E-state index is 2.44. The van der Waals surface area contributed by atoms with Gasteiger partial charge in [-0.15, -0.1) is 0 Å². The van der Waals surface area contributed by atoms with Gasteiger partial charge in [0, 0.05) is 38.6 Å². The van der Waals surface area contributed by atoms with E-state index in [-0.39, 0.29) is 0 Å². The molecule has 0 fully saturated rings. The number of hydrogen-bond donors (Lipinski definition) is 0. The van der Waals surface area contributed by atoms with Gasteiger partial charge in [-0.3, -0.25) is 0 Å². The number of fused-ring (bicyclic) bond motifs is 5. The molecule has 0 bridgehead atoms. The third-order valence-corrected chi connectivity index (χ3v) is 10.6. The molecule has 0 saturated heterocycles. The molecule has 2 nitrogen and oxygen atoms in total. The van der Waals surface area contributed by atoms with Gasteiger partial charge >= 0.3 is 0 Å². The molecule has 10 aromatic rings.